The van der Waals surface area contributed by atoms with Crippen molar-refractivity contribution in [2.45, 2.75) is 176 Å². The Labute approximate surface area is 283 Å². The summed E-state index contributed by atoms with van der Waals surface area (Å²) in [4.78, 5) is 2.50. The van der Waals surface area contributed by atoms with E-state index in [2.05, 4.69) is 71.6 Å². The molecular formula is C42H69NO3. The third-order valence-electron chi connectivity index (χ3n) is 10.4. The minimum Gasteiger partial charge on any atom is -0.487 e. The molecule has 3 rings (SSSR count). The molecule has 0 aliphatic carbocycles. The van der Waals surface area contributed by atoms with Crippen LogP contribution in [0.3, 0.4) is 0 Å². The van der Waals surface area contributed by atoms with E-state index in [9.17, 15) is 0 Å². The number of aliphatic hydroxyl groups is 1. The second kappa shape index (κ2) is 20.4. The molecule has 0 amide bonds. The molecular weight excluding hydrogens is 566 g/mol. The first-order chi connectivity index (χ1) is 22.1. The van der Waals surface area contributed by atoms with Gasteiger partial charge >= 0.3 is 0 Å². The molecule has 2 aliphatic heterocycles. The Morgan fingerprint density at radius 3 is 1.93 bits per heavy atom. The Balaban J connectivity index is 1.45. The van der Waals surface area contributed by atoms with Crippen molar-refractivity contribution in [1.82, 2.24) is 4.90 Å². The molecule has 0 unspecified atom stereocenters. The maximum Gasteiger partial charge on any atom is 0.142 e. The summed E-state index contributed by atoms with van der Waals surface area (Å²) in [5.74, 6) is 2.26. The van der Waals surface area contributed by atoms with Crippen molar-refractivity contribution in [1.29, 1.82) is 0 Å². The molecule has 1 atom stereocenters. The van der Waals surface area contributed by atoms with Crippen molar-refractivity contribution in [2.24, 2.45) is 0 Å². The number of nitrogens with zero attached hydrogens (tertiary/aromatic N) is 1. The smallest absolute Gasteiger partial charge is 0.142 e. The monoisotopic (exact) mass is 636 g/mol. The zero-order valence-electron chi connectivity index (χ0n) is 31.0. The van der Waals surface area contributed by atoms with Crippen LogP contribution in [0.25, 0.3) is 0 Å². The van der Waals surface area contributed by atoms with Gasteiger partial charge in [-0.3, -0.25) is 4.90 Å². The molecule has 1 aromatic carbocycles. The van der Waals surface area contributed by atoms with Gasteiger partial charge in [0, 0.05) is 30.8 Å². The molecule has 260 valence electrons. The maximum absolute atomic E-state index is 8.90. The number of benzene rings is 1. The molecule has 1 N–H and O–H groups in total. The number of hydrogen-bond donors (Lipinski definition) is 1. The Bertz CT molecular complexity index is 1160. The maximum atomic E-state index is 8.90. The summed E-state index contributed by atoms with van der Waals surface area (Å²) < 4.78 is 13.3. The lowest BCUT2D eigenvalue weighted by Crippen LogP contribution is -2.39. The third-order valence-corrected chi connectivity index (χ3v) is 10.4. The fourth-order valence-corrected chi connectivity index (χ4v) is 7.09. The van der Waals surface area contributed by atoms with Gasteiger partial charge in [0.15, 0.2) is 0 Å². The molecule has 0 fully saturated rings. The molecule has 4 nitrogen and oxygen atoms in total. The van der Waals surface area contributed by atoms with Crippen LogP contribution in [0.2, 0.25) is 0 Å². The number of unbranched alkanes of at least 4 members (excludes halogenated alkanes) is 9. The summed E-state index contributed by atoms with van der Waals surface area (Å²) in [5.41, 5.74) is 9.61. The topological polar surface area (TPSA) is 41.9 Å². The van der Waals surface area contributed by atoms with Crippen LogP contribution < -0.4 is 9.47 Å². The predicted octanol–water partition coefficient (Wildman–Crippen LogP) is 11.6. The molecule has 0 aromatic heterocycles. The van der Waals surface area contributed by atoms with Gasteiger partial charge in [-0.25, -0.2) is 0 Å². The first-order valence-corrected chi connectivity index (χ1v) is 18.9. The van der Waals surface area contributed by atoms with Gasteiger partial charge in [-0.15, -0.1) is 0 Å². The lowest BCUT2D eigenvalue weighted by Gasteiger charge is -2.40. The van der Waals surface area contributed by atoms with E-state index in [0.717, 1.165) is 76.0 Å². The Kier molecular flexibility index (Phi) is 17.0. The molecule has 4 heteroatoms. The molecule has 46 heavy (non-hydrogen) atoms. The first-order valence-electron chi connectivity index (χ1n) is 18.9. The van der Waals surface area contributed by atoms with Crippen LogP contribution >= 0.6 is 0 Å². The highest BCUT2D eigenvalue weighted by molar-refractivity contribution is 5.60. The Morgan fingerprint density at radius 2 is 1.30 bits per heavy atom. The lowest BCUT2D eigenvalue weighted by atomic mass is 9.84. The zero-order valence-corrected chi connectivity index (χ0v) is 31.0. The summed E-state index contributed by atoms with van der Waals surface area (Å²) in [5, 5.41) is 8.90. The highest BCUT2D eigenvalue weighted by Crippen LogP contribution is 2.46. The van der Waals surface area contributed by atoms with Crippen molar-refractivity contribution in [3.63, 3.8) is 0 Å². The SMILES string of the molecule is CC(C)=CCC/C(C)=C/CC/C(C)=C/CC[C@]1(C)CCc2c3c(c(C)c(C)c2O1)OCN(CCCCCCCCCCCCO)C3. The minimum absolute atomic E-state index is 0.120. The summed E-state index contributed by atoms with van der Waals surface area (Å²) in [6.07, 6.45) is 28.8. The van der Waals surface area contributed by atoms with Crippen LogP contribution in [-0.2, 0) is 13.0 Å². The van der Waals surface area contributed by atoms with Crippen molar-refractivity contribution in [3.05, 3.63) is 57.2 Å². The minimum atomic E-state index is -0.120. The van der Waals surface area contributed by atoms with Crippen LogP contribution in [0.15, 0.2) is 34.9 Å². The number of aliphatic hydroxyl groups excluding tert-OH is 1. The third kappa shape index (κ3) is 12.9. The van der Waals surface area contributed by atoms with E-state index in [-0.39, 0.29) is 5.60 Å². The summed E-state index contributed by atoms with van der Waals surface area (Å²) >= 11 is 0. The van der Waals surface area contributed by atoms with Crippen molar-refractivity contribution in [2.75, 3.05) is 19.9 Å². The fourth-order valence-electron chi connectivity index (χ4n) is 7.09. The summed E-state index contributed by atoms with van der Waals surface area (Å²) in [6, 6.07) is 0. The van der Waals surface area contributed by atoms with E-state index in [0.29, 0.717) is 13.3 Å². The quantitative estimate of drug-likeness (QED) is 0.108. The van der Waals surface area contributed by atoms with Crippen molar-refractivity contribution in [3.8, 4) is 11.5 Å². The molecule has 0 saturated heterocycles. The van der Waals surface area contributed by atoms with Gasteiger partial charge in [-0.05, 0) is 124 Å². The normalized spacial score (nSPS) is 18.5. The van der Waals surface area contributed by atoms with Crippen LogP contribution in [0.5, 0.6) is 11.5 Å². The fraction of sp³-hybridized carbons (Fsp3) is 0.714. The molecule has 2 heterocycles. The first kappa shape index (κ1) is 38.4. The molecule has 0 saturated carbocycles. The second-order valence-corrected chi connectivity index (χ2v) is 15.0. The Hall–Kier alpha value is -2.04. The van der Waals surface area contributed by atoms with Crippen LogP contribution in [0.1, 0.15) is 166 Å². The van der Waals surface area contributed by atoms with Crippen LogP contribution in [0, 0.1) is 13.8 Å². The Morgan fingerprint density at radius 1 is 0.739 bits per heavy atom. The highest BCUT2D eigenvalue weighted by atomic mass is 16.5. The van der Waals surface area contributed by atoms with Crippen molar-refractivity contribution < 1.29 is 14.6 Å². The number of hydrogen-bond acceptors (Lipinski definition) is 4. The van der Waals surface area contributed by atoms with Gasteiger partial charge in [0.1, 0.15) is 23.8 Å². The van der Waals surface area contributed by atoms with Gasteiger partial charge in [0.2, 0.25) is 0 Å². The van der Waals surface area contributed by atoms with Gasteiger partial charge in [-0.2, -0.15) is 0 Å². The zero-order chi connectivity index (χ0) is 33.4. The lowest BCUT2D eigenvalue weighted by molar-refractivity contribution is 0.0521. The summed E-state index contributed by atoms with van der Waals surface area (Å²) in [7, 11) is 0. The van der Waals surface area contributed by atoms with Gasteiger partial charge < -0.3 is 14.6 Å². The standard InChI is InChI=1S/C42H69NO3/c1-33(2)21-18-22-34(3)23-19-24-35(4)25-20-27-42(7)28-26-38-39-31-43(32-45-40(39)36(5)37(6)41(38)46-42)29-16-14-12-10-8-9-11-13-15-17-30-44/h21,23,25,44H,8-20,22,24,26-32H2,1-7H3/b34-23+,35-25+/t42-/m1/s1. The van der Waals surface area contributed by atoms with Crippen molar-refractivity contribution >= 4 is 0 Å². The predicted molar refractivity (Wildman–Crippen MR) is 197 cm³/mol. The van der Waals surface area contributed by atoms with Gasteiger partial charge in [0.05, 0.1) is 0 Å². The molecule has 0 spiro atoms. The van der Waals surface area contributed by atoms with E-state index < -0.39 is 0 Å². The number of allylic oxidation sites excluding steroid dienone is 6. The average molecular weight is 636 g/mol. The largest absolute Gasteiger partial charge is 0.487 e. The molecule has 1 aromatic rings. The number of fused-ring (bicyclic) bond motifs is 3. The van der Waals surface area contributed by atoms with E-state index >= 15 is 0 Å². The summed E-state index contributed by atoms with van der Waals surface area (Å²) in [6.45, 7) is 18.8. The van der Waals surface area contributed by atoms with E-state index in [4.69, 9.17) is 14.6 Å². The van der Waals surface area contributed by atoms with E-state index in [1.807, 2.05) is 0 Å². The molecule has 2 aliphatic rings. The van der Waals surface area contributed by atoms with Gasteiger partial charge in [0.25, 0.3) is 0 Å². The molecule has 0 radical (unpaired) electrons. The molecule has 0 bridgehead atoms. The van der Waals surface area contributed by atoms with Crippen LogP contribution in [-0.4, -0.2) is 35.5 Å². The van der Waals surface area contributed by atoms with Crippen LogP contribution in [0.4, 0.5) is 0 Å². The number of ether oxygens (including phenoxy) is 2. The second-order valence-electron chi connectivity index (χ2n) is 15.0. The van der Waals surface area contributed by atoms with E-state index in [1.165, 1.54) is 103 Å². The van der Waals surface area contributed by atoms with Gasteiger partial charge in [-0.1, -0.05) is 86.3 Å². The average Bonchev–Trinajstić information content (AvgIpc) is 3.02. The highest BCUT2D eigenvalue weighted by Gasteiger charge is 2.36. The number of rotatable bonds is 21. The van der Waals surface area contributed by atoms with E-state index in [1.54, 1.807) is 0 Å².